The minimum Gasteiger partial charge on any atom is -0.497 e. The van der Waals surface area contributed by atoms with Crippen LogP contribution >= 0.6 is 0 Å². The normalized spacial score (nSPS) is 11.9. The molecule has 0 unspecified atom stereocenters. The summed E-state index contributed by atoms with van der Waals surface area (Å²) < 4.78 is 48.6. The summed E-state index contributed by atoms with van der Waals surface area (Å²) in [6.07, 6.45) is 1.66. The molecule has 0 spiro atoms. The zero-order valence-electron chi connectivity index (χ0n) is 23.3. The first-order valence-electron chi connectivity index (χ1n) is 13.1. The van der Waals surface area contributed by atoms with Gasteiger partial charge >= 0.3 is 0 Å². The molecular weight excluding hydrogens is 533 g/mol. The van der Waals surface area contributed by atoms with Crippen molar-refractivity contribution in [2.75, 3.05) is 24.5 Å². The number of sulfonamides is 1. The molecule has 10 heteroatoms. The predicted molar refractivity (Wildman–Crippen MR) is 153 cm³/mol. The lowest BCUT2D eigenvalue weighted by Crippen LogP contribution is -2.51. The van der Waals surface area contributed by atoms with Gasteiger partial charge < -0.3 is 15.0 Å². The van der Waals surface area contributed by atoms with Gasteiger partial charge in [0.25, 0.3) is 10.0 Å². The number of methoxy groups -OCH3 is 1. The highest BCUT2D eigenvalue weighted by molar-refractivity contribution is 7.92. The molecule has 0 radical (unpaired) electrons. The molecule has 0 saturated carbocycles. The molecule has 1 atom stereocenters. The number of ether oxygens (including phenoxy) is 1. The van der Waals surface area contributed by atoms with Crippen molar-refractivity contribution in [2.24, 2.45) is 0 Å². The Morgan fingerprint density at radius 2 is 1.73 bits per heavy atom. The van der Waals surface area contributed by atoms with E-state index in [1.807, 2.05) is 13.8 Å². The van der Waals surface area contributed by atoms with Crippen molar-refractivity contribution in [3.05, 3.63) is 89.7 Å². The smallest absolute Gasteiger partial charge is 0.264 e. The Bertz CT molecular complexity index is 1410. The Morgan fingerprint density at radius 3 is 2.38 bits per heavy atom. The van der Waals surface area contributed by atoms with Crippen LogP contribution in [0.2, 0.25) is 0 Å². The number of anilines is 1. The van der Waals surface area contributed by atoms with Crippen molar-refractivity contribution in [1.82, 2.24) is 10.2 Å². The molecule has 3 aromatic rings. The molecular formula is C30H36FN3O5S. The van der Waals surface area contributed by atoms with Gasteiger partial charge in [0, 0.05) is 13.1 Å². The molecule has 214 valence electrons. The van der Waals surface area contributed by atoms with Crippen LogP contribution in [0.4, 0.5) is 10.1 Å². The number of nitrogens with one attached hydrogen (secondary N) is 1. The van der Waals surface area contributed by atoms with Gasteiger partial charge in [-0.2, -0.15) is 0 Å². The zero-order valence-corrected chi connectivity index (χ0v) is 24.1. The highest BCUT2D eigenvalue weighted by atomic mass is 32.2. The largest absolute Gasteiger partial charge is 0.497 e. The first-order valence-corrected chi connectivity index (χ1v) is 14.6. The van der Waals surface area contributed by atoms with Crippen LogP contribution in [-0.4, -0.2) is 51.4 Å². The van der Waals surface area contributed by atoms with Crippen LogP contribution in [0.15, 0.2) is 77.7 Å². The molecule has 0 aliphatic rings. The lowest BCUT2D eigenvalue weighted by Gasteiger charge is -2.32. The fourth-order valence-corrected chi connectivity index (χ4v) is 5.51. The Kier molecular flexibility index (Phi) is 10.7. The fraction of sp³-hybridized carbons (Fsp3) is 0.333. The number of rotatable bonds is 13. The highest BCUT2D eigenvalue weighted by Gasteiger charge is 2.33. The van der Waals surface area contributed by atoms with Gasteiger partial charge in [-0.3, -0.25) is 13.9 Å². The summed E-state index contributed by atoms with van der Waals surface area (Å²) in [5.41, 5.74) is 1.26. The Morgan fingerprint density at radius 1 is 1.02 bits per heavy atom. The predicted octanol–water partition coefficient (Wildman–Crippen LogP) is 4.67. The molecule has 0 heterocycles. The van der Waals surface area contributed by atoms with Crippen LogP contribution in [0.25, 0.3) is 0 Å². The van der Waals surface area contributed by atoms with Crippen molar-refractivity contribution in [2.45, 2.75) is 51.1 Å². The zero-order chi connectivity index (χ0) is 29.3. The van der Waals surface area contributed by atoms with Crippen molar-refractivity contribution in [1.29, 1.82) is 0 Å². The first-order chi connectivity index (χ1) is 19.1. The molecule has 0 saturated heterocycles. The topological polar surface area (TPSA) is 96.0 Å². The minimum atomic E-state index is -4.34. The van der Waals surface area contributed by atoms with E-state index in [1.54, 1.807) is 43.3 Å². The van der Waals surface area contributed by atoms with Crippen molar-refractivity contribution in [3.8, 4) is 5.75 Å². The summed E-state index contributed by atoms with van der Waals surface area (Å²) in [6.45, 7) is 5.14. The third-order valence-corrected chi connectivity index (χ3v) is 8.27. The number of benzene rings is 3. The van der Waals surface area contributed by atoms with E-state index < -0.39 is 34.3 Å². The quantitative estimate of drug-likeness (QED) is 0.302. The van der Waals surface area contributed by atoms with Crippen LogP contribution in [0.5, 0.6) is 5.75 Å². The summed E-state index contributed by atoms with van der Waals surface area (Å²) in [7, 11) is -2.82. The number of aryl methyl sites for hydroxylation is 1. The molecule has 3 rings (SSSR count). The maximum atomic E-state index is 15.0. The Labute approximate surface area is 235 Å². The molecule has 0 aliphatic carbocycles. The van der Waals surface area contributed by atoms with Gasteiger partial charge in [0.05, 0.1) is 17.7 Å². The van der Waals surface area contributed by atoms with E-state index in [-0.39, 0.29) is 23.0 Å². The number of para-hydroxylation sites is 1. The van der Waals surface area contributed by atoms with E-state index in [0.717, 1.165) is 28.8 Å². The maximum Gasteiger partial charge on any atom is 0.264 e. The number of halogens is 1. The second-order valence-corrected chi connectivity index (χ2v) is 11.3. The van der Waals surface area contributed by atoms with Crippen LogP contribution in [0.1, 0.15) is 37.8 Å². The SMILES string of the molecule is CCCCNC(=O)[C@@H](C)N(Cc1cccc(OC)c1)C(=O)CN(c1ccccc1F)S(=O)(=O)c1ccc(C)cc1. The van der Waals surface area contributed by atoms with Gasteiger partial charge in [-0.25, -0.2) is 12.8 Å². The maximum absolute atomic E-state index is 15.0. The Hall–Kier alpha value is -3.92. The molecule has 0 aliphatic heterocycles. The van der Waals surface area contributed by atoms with E-state index >= 15 is 0 Å². The standard InChI is InChI=1S/C30H36FN3O5S/c1-5-6-18-32-30(36)23(3)33(20-24-10-9-11-25(19-24)39-4)29(35)21-34(28-13-8-7-12-27(28)31)40(37,38)26-16-14-22(2)15-17-26/h7-17,19,23H,5-6,18,20-21H2,1-4H3,(H,32,36)/t23-/m1/s1. The summed E-state index contributed by atoms with van der Waals surface area (Å²) >= 11 is 0. The number of hydrogen-bond donors (Lipinski definition) is 1. The van der Waals surface area contributed by atoms with E-state index in [2.05, 4.69) is 5.32 Å². The molecule has 40 heavy (non-hydrogen) atoms. The third-order valence-electron chi connectivity index (χ3n) is 6.49. The summed E-state index contributed by atoms with van der Waals surface area (Å²) in [5, 5.41) is 2.83. The molecule has 0 aromatic heterocycles. The van der Waals surface area contributed by atoms with E-state index in [1.165, 1.54) is 42.3 Å². The van der Waals surface area contributed by atoms with Gasteiger partial charge in [0.15, 0.2) is 0 Å². The van der Waals surface area contributed by atoms with Crippen LogP contribution in [-0.2, 0) is 26.2 Å². The van der Waals surface area contributed by atoms with Crippen LogP contribution in [0.3, 0.4) is 0 Å². The molecule has 3 aromatic carbocycles. The van der Waals surface area contributed by atoms with Gasteiger partial charge in [0.1, 0.15) is 24.2 Å². The lowest BCUT2D eigenvalue weighted by atomic mass is 10.1. The molecule has 0 fully saturated rings. The number of nitrogens with zero attached hydrogens (tertiary/aromatic N) is 2. The first kappa shape index (κ1) is 30.6. The molecule has 2 amide bonds. The van der Waals surface area contributed by atoms with E-state index in [9.17, 15) is 22.4 Å². The van der Waals surface area contributed by atoms with E-state index in [4.69, 9.17) is 4.74 Å². The highest BCUT2D eigenvalue weighted by Crippen LogP contribution is 2.27. The number of unbranched alkanes of at least 4 members (excludes halogenated alkanes) is 1. The number of carbonyl (C=O) groups is 2. The van der Waals surface area contributed by atoms with E-state index in [0.29, 0.717) is 17.9 Å². The summed E-state index contributed by atoms with van der Waals surface area (Å²) in [6, 6.07) is 17.6. The average molecular weight is 570 g/mol. The summed E-state index contributed by atoms with van der Waals surface area (Å²) in [5.74, 6) is -1.26. The fourth-order valence-electron chi connectivity index (χ4n) is 4.09. The molecule has 0 bridgehead atoms. The third kappa shape index (κ3) is 7.59. The van der Waals surface area contributed by atoms with Gasteiger partial charge in [-0.05, 0) is 62.2 Å². The van der Waals surface area contributed by atoms with Crippen molar-refractivity contribution >= 4 is 27.5 Å². The minimum absolute atomic E-state index is 0.00802. The number of hydrogen-bond acceptors (Lipinski definition) is 5. The summed E-state index contributed by atoms with van der Waals surface area (Å²) in [4.78, 5) is 28.1. The molecule has 1 N–H and O–H groups in total. The van der Waals surface area contributed by atoms with Gasteiger partial charge in [-0.1, -0.05) is 55.3 Å². The van der Waals surface area contributed by atoms with Gasteiger partial charge in [-0.15, -0.1) is 0 Å². The van der Waals surface area contributed by atoms with Crippen molar-refractivity contribution in [3.63, 3.8) is 0 Å². The van der Waals surface area contributed by atoms with Gasteiger partial charge in [0.2, 0.25) is 11.8 Å². The lowest BCUT2D eigenvalue weighted by molar-refractivity contribution is -0.139. The second-order valence-electron chi connectivity index (χ2n) is 9.47. The van der Waals surface area contributed by atoms with Crippen LogP contribution < -0.4 is 14.4 Å². The Balaban J connectivity index is 2.02. The molecule has 8 nitrogen and oxygen atoms in total. The van der Waals surface area contributed by atoms with Crippen LogP contribution in [0, 0.1) is 12.7 Å². The number of carbonyl (C=O) groups excluding carboxylic acids is 2. The second kappa shape index (κ2) is 13.9. The number of amides is 2. The van der Waals surface area contributed by atoms with Crippen molar-refractivity contribution < 1.29 is 27.1 Å². The average Bonchev–Trinajstić information content (AvgIpc) is 2.95. The monoisotopic (exact) mass is 569 g/mol.